The number of alkyl halides is 1. The second-order valence-corrected chi connectivity index (χ2v) is 5.70. The van der Waals surface area contributed by atoms with Crippen LogP contribution in [-0.2, 0) is 11.2 Å². The molecule has 1 fully saturated rings. The average Bonchev–Trinajstić information content (AvgIpc) is 2.75. The van der Waals surface area contributed by atoms with E-state index in [0.29, 0.717) is 13.0 Å². The van der Waals surface area contributed by atoms with Gasteiger partial charge in [-0.3, -0.25) is 4.79 Å². The van der Waals surface area contributed by atoms with Crippen molar-refractivity contribution in [2.75, 3.05) is 13.7 Å². The lowest BCUT2D eigenvalue weighted by molar-refractivity contribution is -0.129. The minimum atomic E-state index is -0.0177. The van der Waals surface area contributed by atoms with Gasteiger partial charge in [0.15, 0.2) is 0 Å². The highest BCUT2D eigenvalue weighted by Gasteiger charge is 2.30. The number of carbonyl (C=O) groups is 1. The molecular weight excluding hydrogens is 262 g/mol. The first-order valence-corrected chi connectivity index (χ1v) is 7.10. The molecule has 1 amide bonds. The SMILES string of the molecule is COc1ccc(CCC(C)N2CC(Cl)CC2=O)cc1. The summed E-state index contributed by atoms with van der Waals surface area (Å²) in [5.74, 6) is 1.05. The van der Waals surface area contributed by atoms with E-state index in [9.17, 15) is 4.79 Å². The molecule has 3 nitrogen and oxygen atoms in total. The Balaban J connectivity index is 1.85. The number of carbonyl (C=O) groups excluding carboxylic acids is 1. The number of rotatable bonds is 5. The number of hydrogen-bond acceptors (Lipinski definition) is 2. The van der Waals surface area contributed by atoms with Crippen LogP contribution in [0, 0.1) is 0 Å². The Morgan fingerprint density at radius 3 is 2.63 bits per heavy atom. The summed E-state index contributed by atoms with van der Waals surface area (Å²) in [5.41, 5.74) is 1.27. The third-order valence-electron chi connectivity index (χ3n) is 3.65. The molecule has 19 heavy (non-hydrogen) atoms. The molecular formula is C15H20ClNO2. The molecule has 104 valence electrons. The molecule has 0 saturated carbocycles. The molecule has 1 heterocycles. The van der Waals surface area contributed by atoms with Crippen LogP contribution in [0.5, 0.6) is 5.75 Å². The maximum absolute atomic E-state index is 11.7. The highest BCUT2D eigenvalue weighted by Crippen LogP contribution is 2.21. The summed E-state index contributed by atoms with van der Waals surface area (Å²) in [6.45, 7) is 2.78. The minimum absolute atomic E-state index is 0.0177. The molecule has 1 saturated heterocycles. The van der Waals surface area contributed by atoms with Crippen molar-refractivity contribution < 1.29 is 9.53 Å². The van der Waals surface area contributed by atoms with E-state index < -0.39 is 0 Å². The van der Waals surface area contributed by atoms with Gasteiger partial charge in [0.05, 0.1) is 12.5 Å². The molecule has 0 N–H and O–H groups in total. The molecule has 0 spiro atoms. The summed E-state index contributed by atoms with van der Waals surface area (Å²) >= 11 is 6.02. The van der Waals surface area contributed by atoms with Crippen molar-refractivity contribution in [2.24, 2.45) is 0 Å². The van der Waals surface area contributed by atoms with Crippen LogP contribution in [0.3, 0.4) is 0 Å². The average molecular weight is 282 g/mol. The van der Waals surface area contributed by atoms with E-state index in [4.69, 9.17) is 16.3 Å². The van der Waals surface area contributed by atoms with Crippen LogP contribution in [-0.4, -0.2) is 35.9 Å². The third kappa shape index (κ3) is 3.63. The number of hydrogen-bond donors (Lipinski definition) is 0. The van der Waals surface area contributed by atoms with E-state index in [1.807, 2.05) is 17.0 Å². The van der Waals surface area contributed by atoms with Gasteiger partial charge in [0, 0.05) is 19.0 Å². The fourth-order valence-electron chi connectivity index (χ4n) is 2.44. The quantitative estimate of drug-likeness (QED) is 0.777. The van der Waals surface area contributed by atoms with Crippen molar-refractivity contribution in [1.82, 2.24) is 4.90 Å². The van der Waals surface area contributed by atoms with E-state index in [0.717, 1.165) is 18.6 Å². The van der Waals surface area contributed by atoms with E-state index in [1.54, 1.807) is 7.11 Å². The summed E-state index contributed by atoms with van der Waals surface area (Å²) in [6, 6.07) is 8.33. The predicted octanol–water partition coefficient (Wildman–Crippen LogP) is 2.86. The van der Waals surface area contributed by atoms with Crippen LogP contribution in [0.1, 0.15) is 25.3 Å². The van der Waals surface area contributed by atoms with Gasteiger partial charge in [-0.2, -0.15) is 0 Å². The van der Waals surface area contributed by atoms with Crippen LogP contribution < -0.4 is 4.74 Å². The van der Waals surface area contributed by atoms with Crippen molar-refractivity contribution in [2.45, 2.75) is 37.6 Å². The Morgan fingerprint density at radius 1 is 1.42 bits per heavy atom. The zero-order valence-corrected chi connectivity index (χ0v) is 12.2. The van der Waals surface area contributed by atoms with Gasteiger partial charge < -0.3 is 9.64 Å². The van der Waals surface area contributed by atoms with Gasteiger partial charge >= 0.3 is 0 Å². The monoisotopic (exact) mass is 281 g/mol. The predicted molar refractivity (Wildman–Crippen MR) is 76.7 cm³/mol. The summed E-state index contributed by atoms with van der Waals surface area (Å²) in [5, 5.41) is -0.0177. The van der Waals surface area contributed by atoms with E-state index in [2.05, 4.69) is 19.1 Å². The molecule has 1 aliphatic heterocycles. The fraction of sp³-hybridized carbons (Fsp3) is 0.533. The van der Waals surface area contributed by atoms with Crippen LogP contribution in [0.25, 0.3) is 0 Å². The van der Waals surface area contributed by atoms with Crippen LogP contribution >= 0.6 is 11.6 Å². The first-order valence-electron chi connectivity index (χ1n) is 6.66. The molecule has 1 aliphatic rings. The van der Waals surface area contributed by atoms with E-state index in [-0.39, 0.29) is 17.3 Å². The molecule has 4 heteroatoms. The third-order valence-corrected chi connectivity index (χ3v) is 3.95. The Labute approximate surface area is 119 Å². The maximum atomic E-state index is 11.7. The molecule has 1 aromatic rings. The lowest BCUT2D eigenvalue weighted by Gasteiger charge is -2.24. The molecule has 0 aromatic heterocycles. The number of halogens is 1. The lowest BCUT2D eigenvalue weighted by Crippen LogP contribution is -2.34. The Morgan fingerprint density at radius 2 is 2.11 bits per heavy atom. The number of ether oxygens (including phenoxy) is 1. The highest BCUT2D eigenvalue weighted by molar-refractivity contribution is 6.22. The number of aryl methyl sites for hydroxylation is 1. The molecule has 2 rings (SSSR count). The van der Waals surface area contributed by atoms with Gasteiger partial charge in [-0.1, -0.05) is 12.1 Å². The van der Waals surface area contributed by atoms with Crippen molar-refractivity contribution in [3.63, 3.8) is 0 Å². The first-order chi connectivity index (χ1) is 9.10. The van der Waals surface area contributed by atoms with Gasteiger partial charge in [-0.15, -0.1) is 11.6 Å². The van der Waals surface area contributed by atoms with Crippen LogP contribution in [0.2, 0.25) is 0 Å². The van der Waals surface area contributed by atoms with Gasteiger partial charge in [0.1, 0.15) is 5.75 Å². The first kappa shape index (κ1) is 14.2. The Kier molecular flexibility index (Phi) is 4.70. The molecule has 1 aromatic carbocycles. The van der Waals surface area contributed by atoms with E-state index >= 15 is 0 Å². The number of likely N-dealkylation sites (tertiary alicyclic amines) is 1. The van der Waals surface area contributed by atoms with Crippen molar-refractivity contribution in [3.05, 3.63) is 29.8 Å². The Hall–Kier alpha value is -1.22. The number of benzene rings is 1. The molecule has 2 unspecified atom stereocenters. The standard InChI is InChI=1S/C15H20ClNO2/c1-11(17-10-13(16)9-15(17)18)3-4-12-5-7-14(19-2)8-6-12/h5-8,11,13H,3-4,9-10H2,1-2H3. The smallest absolute Gasteiger partial charge is 0.224 e. The number of nitrogens with zero attached hydrogens (tertiary/aromatic N) is 1. The van der Waals surface area contributed by atoms with Crippen molar-refractivity contribution in [1.29, 1.82) is 0 Å². The number of methoxy groups -OCH3 is 1. The second kappa shape index (κ2) is 6.29. The summed E-state index contributed by atoms with van der Waals surface area (Å²) < 4.78 is 5.13. The van der Waals surface area contributed by atoms with Gasteiger partial charge in [0.25, 0.3) is 0 Å². The molecule has 2 atom stereocenters. The van der Waals surface area contributed by atoms with Crippen molar-refractivity contribution in [3.8, 4) is 5.75 Å². The summed E-state index contributed by atoms with van der Waals surface area (Å²) in [4.78, 5) is 13.6. The zero-order valence-electron chi connectivity index (χ0n) is 11.4. The molecule has 0 aliphatic carbocycles. The zero-order chi connectivity index (χ0) is 13.8. The molecule has 0 bridgehead atoms. The van der Waals surface area contributed by atoms with Gasteiger partial charge in [-0.25, -0.2) is 0 Å². The summed E-state index contributed by atoms with van der Waals surface area (Å²) in [6.07, 6.45) is 2.40. The van der Waals surface area contributed by atoms with E-state index in [1.165, 1.54) is 5.56 Å². The second-order valence-electron chi connectivity index (χ2n) is 5.08. The topological polar surface area (TPSA) is 29.5 Å². The lowest BCUT2D eigenvalue weighted by atomic mass is 10.1. The van der Waals surface area contributed by atoms with Crippen molar-refractivity contribution >= 4 is 17.5 Å². The molecule has 0 radical (unpaired) electrons. The largest absolute Gasteiger partial charge is 0.497 e. The van der Waals surface area contributed by atoms with Gasteiger partial charge in [0.2, 0.25) is 5.91 Å². The Bertz CT molecular complexity index is 432. The highest BCUT2D eigenvalue weighted by atomic mass is 35.5. The van der Waals surface area contributed by atoms with Crippen LogP contribution in [0.15, 0.2) is 24.3 Å². The van der Waals surface area contributed by atoms with Gasteiger partial charge in [-0.05, 0) is 37.5 Å². The number of amides is 1. The fourth-order valence-corrected chi connectivity index (χ4v) is 2.72. The summed E-state index contributed by atoms with van der Waals surface area (Å²) in [7, 11) is 1.67. The normalized spacial score (nSPS) is 20.7. The maximum Gasteiger partial charge on any atom is 0.224 e. The van der Waals surface area contributed by atoms with Crippen LogP contribution in [0.4, 0.5) is 0 Å². The minimum Gasteiger partial charge on any atom is -0.497 e.